The van der Waals surface area contributed by atoms with Crippen LogP contribution in [0.5, 0.6) is 0 Å². The number of amides is 2. The Balaban J connectivity index is 3.32. The van der Waals surface area contributed by atoms with E-state index in [2.05, 4.69) is 17.6 Å². The summed E-state index contributed by atoms with van der Waals surface area (Å²) in [7, 11) is 0. The molecule has 0 aromatic heterocycles. The molecule has 18 heavy (non-hydrogen) atoms. The number of hydrogen-bond donors (Lipinski definition) is 2. The van der Waals surface area contributed by atoms with E-state index < -0.39 is 11.8 Å². The lowest BCUT2D eigenvalue weighted by Crippen LogP contribution is -2.40. The summed E-state index contributed by atoms with van der Waals surface area (Å²) in [4.78, 5) is 22.5. The van der Waals surface area contributed by atoms with Crippen LogP contribution in [0.4, 0.5) is 0 Å². The lowest BCUT2D eigenvalue weighted by Gasteiger charge is -2.05. The average Bonchev–Trinajstić information content (AvgIpc) is 2.38. The zero-order chi connectivity index (χ0) is 13.6. The normalized spacial score (nSPS) is 10.1. The fraction of sp³-hybridized carbons (Fsp3) is 0.857. The smallest absolute Gasteiger partial charge is 0.309 e. The highest BCUT2D eigenvalue weighted by Gasteiger charge is 2.10. The highest BCUT2D eigenvalue weighted by molar-refractivity contribution is 6.35. The number of carbonyl (C=O) groups is 2. The monoisotopic (exact) mass is 256 g/mol. The van der Waals surface area contributed by atoms with Crippen LogP contribution in [0.15, 0.2) is 0 Å². The van der Waals surface area contributed by atoms with Gasteiger partial charge in [-0.2, -0.15) is 0 Å². The van der Waals surface area contributed by atoms with Gasteiger partial charge in [0.1, 0.15) is 0 Å². The lowest BCUT2D eigenvalue weighted by atomic mass is 10.1. The first-order valence-corrected chi connectivity index (χ1v) is 7.28. The number of rotatable bonds is 10. The third-order valence-corrected chi connectivity index (χ3v) is 2.81. The van der Waals surface area contributed by atoms with E-state index in [9.17, 15) is 9.59 Å². The zero-order valence-electron chi connectivity index (χ0n) is 11.9. The van der Waals surface area contributed by atoms with Gasteiger partial charge in [-0.1, -0.05) is 52.4 Å². The van der Waals surface area contributed by atoms with Crippen molar-refractivity contribution in [3.63, 3.8) is 0 Å². The SMILES string of the molecule is CCCCCCCCCNC(=O)C(=O)NCCC. The van der Waals surface area contributed by atoms with Crippen molar-refractivity contribution in [1.29, 1.82) is 0 Å². The summed E-state index contributed by atoms with van der Waals surface area (Å²) in [6.45, 7) is 5.33. The van der Waals surface area contributed by atoms with Crippen LogP contribution in [0, 0.1) is 0 Å². The van der Waals surface area contributed by atoms with E-state index >= 15 is 0 Å². The molecular formula is C14H28N2O2. The minimum Gasteiger partial charge on any atom is -0.348 e. The zero-order valence-corrected chi connectivity index (χ0v) is 11.9. The molecule has 0 aliphatic rings. The third kappa shape index (κ3) is 10.1. The fourth-order valence-corrected chi connectivity index (χ4v) is 1.68. The molecule has 0 atom stereocenters. The maximum absolute atomic E-state index is 11.3. The molecule has 0 aromatic carbocycles. The Kier molecular flexibility index (Phi) is 11.7. The maximum Gasteiger partial charge on any atom is 0.309 e. The van der Waals surface area contributed by atoms with Crippen molar-refractivity contribution in [2.75, 3.05) is 13.1 Å². The molecule has 2 amide bonds. The van der Waals surface area contributed by atoms with E-state index in [4.69, 9.17) is 0 Å². The highest BCUT2D eigenvalue weighted by Crippen LogP contribution is 2.06. The molecule has 2 N–H and O–H groups in total. The minimum atomic E-state index is -0.514. The molecule has 0 aromatic rings. The van der Waals surface area contributed by atoms with E-state index in [0.29, 0.717) is 13.1 Å². The number of unbranched alkanes of at least 4 members (excludes halogenated alkanes) is 6. The van der Waals surface area contributed by atoms with Crippen LogP contribution in [-0.4, -0.2) is 24.9 Å². The topological polar surface area (TPSA) is 58.2 Å². The number of hydrogen-bond acceptors (Lipinski definition) is 2. The van der Waals surface area contributed by atoms with Crippen LogP contribution in [0.3, 0.4) is 0 Å². The second-order valence-corrected chi connectivity index (χ2v) is 4.63. The summed E-state index contributed by atoms with van der Waals surface area (Å²) in [5.74, 6) is -1.02. The Morgan fingerprint density at radius 2 is 1.17 bits per heavy atom. The molecule has 0 aliphatic carbocycles. The molecule has 0 saturated heterocycles. The van der Waals surface area contributed by atoms with E-state index in [1.807, 2.05) is 6.92 Å². The summed E-state index contributed by atoms with van der Waals surface area (Å²) >= 11 is 0. The molecule has 0 unspecified atom stereocenters. The largest absolute Gasteiger partial charge is 0.348 e. The van der Waals surface area contributed by atoms with Crippen molar-refractivity contribution < 1.29 is 9.59 Å². The quantitative estimate of drug-likeness (QED) is 0.466. The van der Waals surface area contributed by atoms with Gasteiger partial charge in [0.25, 0.3) is 0 Å². The molecule has 0 fully saturated rings. The standard InChI is InChI=1S/C14H28N2O2/c1-3-5-6-7-8-9-10-12-16-14(18)13(17)15-11-4-2/h3-12H2,1-2H3,(H,15,17)(H,16,18). The van der Waals surface area contributed by atoms with Gasteiger partial charge in [0.15, 0.2) is 0 Å². The molecule has 0 rings (SSSR count). The minimum absolute atomic E-state index is 0.505. The molecular weight excluding hydrogens is 228 g/mol. The molecule has 4 heteroatoms. The van der Waals surface area contributed by atoms with Gasteiger partial charge < -0.3 is 10.6 Å². The third-order valence-electron chi connectivity index (χ3n) is 2.81. The highest BCUT2D eigenvalue weighted by atomic mass is 16.2. The van der Waals surface area contributed by atoms with Crippen LogP contribution in [0.2, 0.25) is 0 Å². The van der Waals surface area contributed by atoms with Gasteiger partial charge in [0, 0.05) is 13.1 Å². The summed E-state index contributed by atoms with van der Waals surface area (Å²) in [5, 5.41) is 5.20. The van der Waals surface area contributed by atoms with E-state index in [-0.39, 0.29) is 0 Å². The predicted molar refractivity (Wildman–Crippen MR) is 74.3 cm³/mol. The Bertz CT molecular complexity index is 230. The van der Waals surface area contributed by atoms with Crippen LogP contribution in [0.1, 0.15) is 65.2 Å². The van der Waals surface area contributed by atoms with E-state index in [1.54, 1.807) is 0 Å². The van der Waals surface area contributed by atoms with Crippen molar-refractivity contribution >= 4 is 11.8 Å². The van der Waals surface area contributed by atoms with E-state index in [0.717, 1.165) is 19.3 Å². The molecule has 0 radical (unpaired) electrons. The summed E-state index contributed by atoms with van der Waals surface area (Å²) in [6.07, 6.45) is 9.31. The molecule has 0 heterocycles. The first-order chi connectivity index (χ1) is 8.72. The van der Waals surface area contributed by atoms with Crippen molar-refractivity contribution in [2.24, 2.45) is 0 Å². The molecule has 4 nitrogen and oxygen atoms in total. The first kappa shape index (κ1) is 16.9. The second kappa shape index (κ2) is 12.4. The van der Waals surface area contributed by atoms with Gasteiger partial charge >= 0.3 is 11.8 Å². The Morgan fingerprint density at radius 1 is 0.667 bits per heavy atom. The maximum atomic E-state index is 11.3. The van der Waals surface area contributed by atoms with Gasteiger partial charge in [0.2, 0.25) is 0 Å². The first-order valence-electron chi connectivity index (χ1n) is 7.28. The van der Waals surface area contributed by atoms with Crippen molar-refractivity contribution in [3.05, 3.63) is 0 Å². The Hall–Kier alpha value is -1.06. The number of carbonyl (C=O) groups excluding carboxylic acids is 2. The van der Waals surface area contributed by atoms with Gasteiger partial charge in [-0.05, 0) is 12.8 Å². The molecule has 106 valence electrons. The predicted octanol–water partition coefficient (Wildman–Crippen LogP) is 2.38. The summed E-state index contributed by atoms with van der Waals surface area (Å²) < 4.78 is 0. The van der Waals surface area contributed by atoms with Crippen LogP contribution in [-0.2, 0) is 9.59 Å². The second-order valence-electron chi connectivity index (χ2n) is 4.63. The summed E-state index contributed by atoms with van der Waals surface area (Å²) in [6, 6.07) is 0. The van der Waals surface area contributed by atoms with Crippen LogP contribution < -0.4 is 10.6 Å². The van der Waals surface area contributed by atoms with Crippen LogP contribution >= 0.6 is 0 Å². The fourth-order valence-electron chi connectivity index (χ4n) is 1.68. The molecule has 0 spiro atoms. The van der Waals surface area contributed by atoms with E-state index in [1.165, 1.54) is 32.1 Å². The Labute approximate surface area is 111 Å². The van der Waals surface area contributed by atoms with Crippen molar-refractivity contribution in [3.8, 4) is 0 Å². The molecule has 0 aliphatic heterocycles. The lowest BCUT2D eigenvalue weighted by molar-refractivity contribution is -0.139. The van der Waals surface area contributed by atoms with Gasteiger partial charge in [-0.3, -0.25) is 9.59 Å². The van der Waals surface area contributed by atoms with Crippen LogP contribution in [0.25, 0.3) is 0 Å². The molecule has 0 bridgehead atoms. The average molecular weight is 256 g/mol. The van der Waals surface area contributed by atoms with Gasteiger partial charge in [-0.15, -0.1) is 0 Å². The molecule has 0 saturated carbocycles. The summed E-state index contributed by atoms with van der Waals surface area (Å²) in [5.41, 5.74) is 0. The van der Waals surface area contributed by atoms with Crippen molar-refractivity contribution in [2.45, 2.75) is 65.2 Å². The van der Waals surface area contributed by atoms with Crippen molar-refractivity contribution in [1.82, 2.24) is 10.6 Å². The Morgan fingerprint density at radius 3 is 1.72 bits per heavy atom. The van der Waals surface area contributed by atoms with Gasteiger partial charge in [0.05, 0.1) is 0 Å². The van der Waals surface area contributed by atoms with Gasteiger partial charge in [-0.25, -0.2) is 0 Å². The number of nitrogens with one attached hydrogen (secondary N) is 2.